The lowest BCUT2D eigenvalue weighted by Crippen LogP contribution is -2.35. The third kappa shape index (κ3) is 3.51. The van der Waals surface area contributed by atoms with Gasteiger partial charge in [-0.3, -0.25) is 9.78 Å². The monoisotopic (exact) mass is 264 g/mol. The van der Waals surface area contributed by atoms with Crippen molar-refractivity contribution >= 4 is 11.9 Å². The van der Waals surface area contributed by atoms with E-state index in [2.05, 4.69) is 10.3 Å². The van der Waals surface area contributed by atoms with Crippen molar-refractivity contribution in [3.63, 3.8) is 0 Å². The third-order valence-corrected chi connectivity index (χ3v) is 2.98. The smallest absolute Gasteiger partial charge is 0.332 e. The van der Waals surface area contributed by atoms with Gasteiger partial charge >= 0.3 is 5.97 Å². The Labute approximate surface area is 110 Å². The number of hydrogen-bond acceptors (Lipinski definition) is 4. The van der Waals surface area contributed by atoms with Crippen molar-refractivity contribution in [2.75, 3.05) is 0 Å². The first-order valence-electron chi connectivity index (χ1n) is 6.15. The lowest BCUT2D eigenvalue weighted by molar-refractivity contribution is -0.151. The number of hydrogen-bond donors (Lipinski definition) is 2. The fraction of sp³-hybridized carbons (Fsp3) is 0.462. The van der Waals surface area contributed by atoms with Crippen molar-refractivity contribution in [1.82, 2.24) is 10.3 Å². The van der Waals surface area contributed by atoms with Crippen molar-refractivity contribution in [3.8, 4) is 0 Å². The molecule has 0 saturated carbocycles. The predicted octanol–water partition coefficient (Wildman–Crippen LogP) is 0.638. The van der Waals surface area contributed by atoms with Crippen LogP contribution >= 0.6 is 0 Å². The number of aromatic nitrogens is 1. The highest BCUT2D eigenvalue weighted by atomic mass is 16.5. The summed E-state index contributed by atoms with van der Waals surface area (Å²) in [6.45, 7) is 2.20. The van der Waals surface area contributed by atoms with Gasteiger partial charge in [0.15, 0.2) is 6.10 Å². The van der Waals surface area contributed by atoms with Crippen LogP contribution in [0.4, 0.5) is 0 Å². The molecule has 0 spiro atoms. The van der Waals surface area contributed by atoms with Gasteiger partial charge in [0.2, 0.25) is 5.91 Å². The van der Waals surface area contributed by atoms with Gasteiger partial charge in [-0.05, 0) is 31.9 Å². The van der Waals surface area contributed by atoms with Gasteiger partial charge in [-0.1, -0.05) is 6.07 Å². The van der Waals surface area contributed by atoms with Crippen LogP contribution in [-0.2, 0) is 20.9 Å². The molecule has 2 atom stereocenters. The van der Waals surface area contributed by atoms with Gasteiger partial charge in [0.25, 0.3) is 0 Å². The lowest BCUT2D eigenvalue weighted by Gasteiger charge is -2.11. The number of amides is 1. The number of ether oxygens (including phenoxy) is 1. The number of aryl methyl sites for hydroxylation is 1. The molecule has 1 aliphatic rings. The summed E-state index contributed by atoms with van der Waals surface area (Å²) in [6.07, 6.45) is -0.737. The molecule has 6 nitrogen and oxygen atoms in total. The van der Waals surface area contributed by atoms with Gasteiger partial charge in [0.1, 0.15) is 6.10 Å². The second-order valence-electron chi connectivity index (χ2n) is 4.52. The van der Waals surface area contributed by atoms with E-state index in [9.17, 15) is 9.59 Å². The van der Waals surface area contributed by atoms with Crippen LogP contribution in [0.5, 0.6) is 0 Å². The Kier molecular flexibility index (Phi) is 4.11. The predicted molar refractivity (Wildman–Crippen MR) is 66.4 cm³/mol. The lowest BCUT2D eigenvalue weighted by atomic mass is 10.2. The minimum atomic E-state index is -1.02. The Morgan fingerprint density at radius 1 is 1.42 bits per heavy atom. The van der Waals surface area contributed by atoms with E-state index in [0.29, 0.717) is 19.4 Å². The van der Waals surface area contributed by atoms with Gasteiger partial charge in [-0.25, -0.2) is 4.79 Å². The Morgan fingerprint density at radius 2 is 2.16 bits per heavy atom. The van der Waals surface area contributed by atoms with E-state index in [1.54, 1.807) is 0 Å². The van der Waals surface area contributed by atoms with Crippen LogP contribution in [0.2, 0.25) is 0 Å². The van der Waals surface area contributed by atoms with Crippen LogP contribution in [0.1, 0.15) is 24.2 Å². The molecule has 0 aromatic carbocycles. The number of rotatable bonds is 4. The fourth-order valence-electron chi connectivity index (χ4n) is 2.00. The highest BCUT2D eigenvalue weighted by Crippen LogP contribution is 2.19. The van der Waals surface area contributed by atoms with E-state index in [-0.39, 0.29) is 5.91 Å². The molecule has 2 rings (SSSR count). The largest absolute Gasteiger partial charge is 0.479 e. The summed E-state index contributed by atoms with van der Waals surface area (Å²) in [5.74, 6) is -1.30. The molecular weight excluding hydrogens is 248 g/mol. The molecular formula is C13H16N2O4. The quantitative estimate of drug-likeness (QED) is 0.833. The topological polar surface area (TPSA) is 88.5 Å². The summed E-state index contributed by atoms with van der Waals surface area (Å²) in [7, 11) is 0. The Morgan fingerprint density at radius 3 is 2.79 bits per heavy atom. The van der Waals surface area contributed by atoms with Gasteiger partial charge in [-0.2, -0.15) is 0 Å². The standard InChI is InChI=1S/C13H16N2O4/c1-8-3-2-4-9(15-8)7-14-12(16)10-5-6-11(19-10)13(17)18/h2-4,10-11H,5-7H2,1H3,(H,14,16)(H,17,18). The maximum absolute atomic E-state index is 11.8. The number of carbonyl (C=O) groups excluding carboxylic acids is 1. The van der Waals surface area contributed by atoms with E-state index < -0.39 is 18.2 Å². The second kappa shape index (κ2) is 5.79. The first-order chi connectivity index (χ1) is 9.06. The maximum atomic E-state index is 11.8. The molecule has 0 aliphatic carbocycles. The first kappa shape index (κ1) is 13.5. The van der Waals surface area contributed by atoms with Crippen LogP contribution in [0.25, 0.3) is 0 Å². The number of carboxylic acids is 1. The van der Waals surface area contributed by atoms with Gasteiger partial charge in [0, 0.05) is 5.69 Å². The van der Waals surface area contributed by atoms with Crippen LogP contribution in [0.15, 0.2) is 18.2 Å². The van der Waals surface area contributed by atoms with Crippen molar-refractivity contribution in [1.29, 1.82) is 0 Å². The van der Waals surface area contributed by atoms with E-state index in [1.165, 1.54) is 0 Å². The van der Waals surface area contributed by atoms with E-state index >= 15 is 0 Å². The zero-order chi connectivity index (χ0) is 13.8. The Bertz CT molecular complexity index is 489. The molecule has 0 bridgehead atoms. The average molecular weight is 264 g/mol. The molecule has 1 fully saturated rings. The highest BCUT2D eigenvalue weighted by molar-refractivity contribution is 5.82. The summed E-state index contributed by atoms with van der Waals surface area (Å²) >= 11 is 0. The zero-order valence-corrected chi connectivity index (χ0v) is 10.6. The number of nitrogens with zero attached hydrogens (tertiary/aromatic N) is 1. The van der Waals surface area contributed by atoms with Crippen molar-refractivity contribution in [2.24, 2.45) is 0 Å². The molecule has 6 heteroatoms. The van der Waals surface area contributed by atoms with Gasteiger partial charge in [-0.15, -0.1) is 0 Å². The number of carboxylic acid groups (broad SMARTS) is 1. The molecule has 102 valence electrons. The molecule has 2 N–H and O–H groups in total. The first-order valence-corrected chi connectivity index (χ1v) is 6.15. The van der Waals surface area contributed by atoms with Crippen LogP contribution < -0.4 is 5.32 Å². The summed E-state index contributed by atoms with van der Waals surface area (Å²) < 4.78 is 5.16. The van der Waals surface area contributed by atoms with Crippen LogP contribution in [0, 0.1) is 6.92 Å². The molecule has 1 aliphatic heterocycles. The molecule has 1 aromatic rings. The van der Waals surface area contributed by atoms with Crippen molar-refractivity contribution in [2.45, 2.75) is 38.5 Å². The zero-order valence-electron chi connectivity index (χ0n) is 10.6. The number of pyridine rings is 1. The molecule has 2 heterocycles. The Hall–Kier alpha value is -1.95. The van der Waals surface area contributed by atoms with Crippen LogP contribution in [-0.4, -0.2) is 34.2 Å². The summed E-state index contributed by atoms with van der Waals surface area (Å²) in [5, 5.41) is 11.5. The molecule has 19 heavy (non-hydrogen) atoms. The van der Waals surface area contributed by atoms with Crippen molar-refractivity contribution < 1.29 is 19.4 Å². The molecule has 1 aromatic heterocycles. The second-order valence-corrected chi connectivity index (χ2v) is 4.52. The molecule has 2 unspecified atom stereocenters. The fourth-order valence-corrected chi connectivity index (χ4v) is 2.00. The molecule has 1 amide bonds. The average Bonchev–Trinajstić information content (AvgIpc) is 2.86. The minimum Gasteiger partial charge on any atom is -0.479 e. The number of carbonyl (C=O) groups is 2. The number of nitrogens with one attached hydrogen (secondary N) is 1. The van der Waals surface area contributed by atoms with Crippen LogP contribution in [0.3, 0.4) is 0 Å². The highest BCUT2D eigenvalue weighted by Gasteiger charge is 2.34. The summed E-state index contributed by atoms with van der Waals surface area (Å²) in [5.41, 5.74) is 1.65. The normalized spacial score (nSPS) is 22.2. The minimum absolute atomic E-state index is 0.285. The van der Waals surface area contributed by atoms with E-state index in [1.807, 2.05) is 25.1 Å². The maximum Gasteiger partial charge on any atom is 0.332 e. The van der Waals surface area contributed by atoms with Crippen molar-refractivity contribution in [3.05, 3.63) is 29.6 Å². The molecule has 1 saturated heterocycles. The molecule has 0 radical (unpaired) electrons. The van der Waals surface area contributed by atoms with Gasteiger partial charge < -0.3 is 15.2 Å². The van der Waals surface area contributed by atoms with E-state index in [0.717, 1.165) is 11.4 Å². The summed E-state index contributed by atoms with van der Waals surface area (Å²) in [4.78, 5) is 26.8. The van der Waals surface area contributed by atoms with Gasteiger partial charge in [0.05, 0.1) is 12.2 Å². The Balaban J connectivity index is 1.84. The summed E-state index contributed by atoms with van der Waals surface area (Å²) in [6, 6.07) is 5.57. The SMILES string of the molecule is Cc1cccc(CNC(=O)C2CCC(C(=O)O)O2)n1. The van der Waals surface area contributed by atoms with E-state index in [4.69, 9.17) is 9.84 Å². The number of aliphatic carboxylic acids is 1. The third-order valence-electron chi connectivity index (χ3n) is 2.98.